The van der Waals surface area contributed by atoms with E-state index in [1.54, 1.807) is 12.1 Å². The van der Waals surface area contributed by atoms with Crippen molar-refractivity contribution in [2.75, 3.05) is 0 Å². The molecule has 1 aliphatic carbocycles. The fraction of sp³-hybridized carbons (Fsp3) is 0.278. The Morgan fingerprint density at radius 1 is 1.24 bits per heavy atom. The zero-order valence-corrected chi connectivity index (χ0v) is 13.2. The predicted octanol–water partition coefficient (Wildman–Crippen LogP) is 4.82. The van der Waals surface area contributed by atoms with E-state index in [4.69, 9.17) is 0 Å². The molecule has 21 heavy (non-hydrogen) atoms. The van der Waals surface area contributed by atoms with Crippen LogP contribution >= 0.6 is 15.9 Å². The molecule has 0 N–H and O–H groups in total. The predicted molar refractivity (Wildman–Crippen MR) is 84.9 cm³/mol. The van der Waals surface area contributed by atoms with Crippen molar-refractivity contribution in [1.82, 2.24) is 0 Å². The van der Waals surface area contributed by atoms with Gasteiger partial charge in [-0.05, 0) is 48.1 Å². The van der Waals surface area contributed by atoms with E-state index >= 15 is 0 Å². The van der Waals surface area contributed by atoms with Gasteiger partial charge in [-0.1, -0.05) is 46.3 Å². The smallest absolute Gasteiger partial charge is 0.144 e. The van der Waals surface area contributed by atoms with Crippen molar-refractivity contribution in [2.45, 2.75) is 31.6 Å². The van der Waals surface area contributed by atoms with Crippen LogP contribution in [0.15, 0.2) is 46.9 Å². The first-order chi connectivity index (χ1) is 10.1. The van der Waals surface area contributed by atoms with Gasteiger partial charge >= 0.3 is 0 Å². The number of carbonyl (C=O) groups is 1. The van der Waals surface area contributed by atoms with Crippen molar-refractivity contribution in [3.8, 4) is 0 Å². The SMILES string of the molecule is O=C(Cc1ccc(Br)cc1F)C1CCCc2ccccc21. The number of Topliss-reactive ketones (excluding diaryl/α,β-unsaturated/α-hetero) is 1. The quantitative estimate of drug-likeness (QED) is 0.778. The first-order valence-electron chi connectivity index (χ1n) is 7.19. The highest BCUT2D eigenvalue weighted by Gasteiger charge is 2.26. The fourth-order valence-corrected chi connectivity index (χ4v) is 3.40. The summed E-state index contributed by atoms with van der Waals surface area (Å²) in [7, 11) is 0. The third kappa shape index (κ3) is 3.08. The number of carbonyl (C=O) groups excluding carboxylic acids is 1. The van der Waals surface area contributed by atoms with Crippen molar-refractivity contribution < 1.29 is 9.18 Å². The lowest BCUT2D eigenvalue weighted by Crippen LogP contribution is -2.20. The van der Waals surface area contributed by atoms with Crippen molar-refractivity contribution in [2.24, 2.45) is 0 Å². The van der Waals surface area contributed by atoms with Crippen molar-refractivity contribution >= 4 is 21.7 Å². The Morgan fingerprint density at radius 3 is 2.86 bits per heavy atom. The molecule has 0 heterocycles. The maximum Gasteiger partial charge on any atom is 0.144 e. The maximum atomic E-state index is 13.9. The molecule has 0 aliphatic heterocycles. The van der Waals surface area contributed by atoms with Crippen LogP contribution in [0, 0.1) is 5.82 Å². The molecule has 0 fully saturated rings. The molecular weight excluding hydrogens is 331 g/mol. The highest BCUT2D eigenvalue weighted by Crippen LogP contribution is 2.33. The average Bonchev–Trinajstić information content (AvgIpc) is 2.49. The minimum absolute atomic E-state index is 0.0852. The van der Waals surface area contributed by atoms with Crippen LogP contribution in [0.25, 0.3) is 0 Å². The molecule has 1 aliphatic rings. The number of rotatable bonds is 3. The van der Waals surface area contributed by atoms with Gasteiger partial charge in [0.25, 0.3) is 0 Å². The van der Waals surface area contributed by atoms with Crippen LogP contribution in [0.2, 0.25) is 0 Å². The second-order valence-corrected chi connectivity index (χ2v) is 6.44. The van der Waals surface area contributed by atoms with Gasteiger partial charge in [-0.3, -0.25) is 4.79 Å². The lowest BCUT2D eigenvalue weighted by atomic mass is 9.79. The third-order valence-electron chi connectivity index (χ3n) is 4.14. The number of aryl methyl sites for hydroxylation is 1. The van der Waals surface area contributed by atoms with Crippen molar-refractivity contribution in [3.63, 3.8) is 0 Å². The number of benzene rings is 2. The Morgan fingerprint density at radius 2 is 2.05 bits per heavy atom. The Hall–Kier alpha value is -1.48. The number of hydrogen-bond acceptors (Lipinski definition) is 1. The van der Waals surface area contributed by atoms with Gasteiger partial charge in [0, 0.05) is 16.8 Å². The zero-order valence-electron chi connectivity index (χ0n) is 11.6. The molecule has 3 heteroatoms. The molecule has 1 unspecified atom stereocenters. The Kier molecular flexibility index (Phi) is 4.20. The minimum Gasteiger partial charge on any atom is -0.299 e. The highest BCUT2D eigenvalue weighted by atomic mass is 79.9. The van der Waals surface area contributed by atoms with Gasteiger partial charge in [-0.2, -0.15) is 0 Å². The molecule has 108 valence electrons. The Balaban J connectivity index is 1.83. The fourth-order valence-electron chi connectivity index (χ4n) is 3.06. The summed E-state index contributed by atoms with van der Waals surface area (Å²) in [6.07, 6.45) is 3.09. The normalized spacial score (nSPS) is 17.3. The van der Waals surface area contributed by atoms with E-state index in [9.17, 15) is 9.18 Å². The highest BCUT2D eigenvalue weighted by molar-refractivity contribution is 9.10. The Bertz CT molecular complexity index is 681. The molecule has 0 spiro atoms. The first-order valence-corrected chi connectivity index (χ1v) is 7.99. The molecule has 0 saturated carbocycles. The summed E-state index contributed by atoms with van der Waals surface area (Å²) in [4.78, 5) is 12.6. The van der Waals surface area contributed by atoms with E-state index in [0.29, 0.717) is 10.0 Å². The van der Waals surface area contributed by atoms with Crippen LogP contribution in [-0.2, 0) is 17.6 Å². The molecule has 0 saturated heterocycles. The van der Waals surface area contributed by atoms with E-state index in [-0.39, 0.29) is 23.9 Å². The van der Waals surface area contributed by atoms with Gasteiger partial charge in [0.15, 0.2) is 0 Å². The monoisotopic (exact) mass is 346 g/mol. The van der Waals surface area contributed by atoms with Crippen LogP contribution in [0.5, 0.6) is 0 Å². The van der Waals surface area contributed by atoms with E-state index in [1.807, 2.05) is 18.2 Å². The van der Waals surface area contributed by atoms with E-state index in [2.05, 4.69) is 22.0 Å². The molecule has 1 atom stereocenters. The molecule has 0 radical (unpaired) electrons. The summed E-state index contributed by atoms with van der Waals surface area (Å²) >= 11 is 3.24. The Labute approximate surface area is 132 Å². The van der Waals surface area contributed by atoms with Crippen molar-refractivity contribution in [1.29, 1.82) is 0 Å². The van der Waals surface area contributed by atoms with Gasteiger partial charge in [-0.15, -0.1) is 0 Å². The first kappa shape index (κ1) is 14.5. The van der Waals surface area contributed by atoms with Gasteiger partial charge < -0.3 is 0 Å². The number of hydrogen-bond donors (Lipinski definition) is 0. The van der Waals surface area contributed by atoms with Crippen molar-refractivity contribution in [3.05, 3.63) is 69.4 Å². The zero-order chi connectivity index (χ0) is 14.8. The van der Waals surface area contributed by atoms with Crippen LogP contribution in [0.4, 0.5) is 4.39 Å². The van der Waals surface area contributed by atoms with Gasteiger partial charge in [-0.25, -0.2) is 4.39 Å². The molecule has 1 nitrogen and oxygen atoms in total. The number of fused-ring (bicyclic) bond motifs is 1. The molecule has 0 bridgehead atoms. The van der Waals surface area contributed by atoms with E-state index < -0.39 is 0 Å². The summed E-state index contributed by atoms with van der Waals surface area (Å²) in [5.74, 6) is -0.289. The number of halogens is 2. The molecule has 2 aromatic carbocycles. The lowest BCUT2D eigenvalue weighted by Gasteiger charge is -2.24. The van der Waals surface area contributed by atoms with Crippen LogP contribution in [0.1, 0.15) is 35.4 Å². The van der Waals surface area contributed by atoms with Gasteiger partial charge in [0.2, 0.25) is 0 Å². The van der Waals surface area contributed by atoms with Crippen LogP contribution in [-0.4, -0.2) is 5.78 Å². The van der Waals surface area contributed by atoms with Gasteiger partial charge in [0.05, 0.1) is 0 Å². The van der Waals surface area contributed by atoms with Crippen LogP contribution < -0.4 is 0 Å². The molecule has 3 rings (SSSR count). The van der Waals surface area contributed by atoms with E-state index in [0.717, 1.165) is 24.8 Å². The molecular formula is C18H16BrFO. The summed E-state index contributed by atoms with van der Waals surface area (Å²) in [5.41, 5.74) is 2.87. The molecule has 0 amide bonds. The van der Waals surface area contributed by atoms with E-state index in [1.165, 1.54) is 11.6 Å². The second-order valence-electron chi connectivity index (χ2n) is 5.52. The topological polar surface area (TPSA) is 17.1 Å². The maximum absolute atomic E-state index is 13.9. The lowest BCUT2D eigenvalue weighted by molar-refractivity contribution is -0.120. The minimum atomic E-state index is -0.318. The summed E-state index contributed by atoms with van der Waals surface area (Å²) in [6.45, 7) is 0. The number of ketones is 1. The molecule has 2 aromatic rings. The summed E-state index contributed by atoms with van der Waals surface area (Å²) < 4.78 is 14.6. The van der Waals surface area contributed by atoms with Gasteiger partial charge in [0.1, 0.15) is 11.6 Å². The third-order valence-corrected chi connectivity index (χ3v) is 4.63. The standard InChI is InChI=1S/C18H16BrFO/c19-14-9-8-13(17(20)11-14)10-18(21)16-7-3-5-12-4-1-2-6-15(12)16/h1-2,4,6,8-9,11,16H,3,5,7,10H2. The second kappa shape index (κ2) is 6.10. The average molecular weight is 347 g/mol. The molecule has 0 aromatic heterocycles. The summed E-state index contributed by atoms with van der Waals surface area (Å²) in [6, 6.07) is 13.0. The van der Waals surface area contributed by atoms with Crippen LogP contribution in [0.3, 0.4) is 0 Å². The largest absolute Gasteiger partial charge is 0.299 e. The summed E-state index contributed by atoms with van der Waals surface area (Å²) in [5, 5.41) is 0.